The minimum absolute atomic E-state index is 0.0709. The van der Waals surface area contributed by atoms with E-state index in [2.05, 4.69) is 20.1 Å². The molecule has 166 valence electrons. The van der Waals surface area contributed by atoms with E-state index < -0.39 is 0 Å². The predicted octanol–water partition coefficient (Wildman–Crippen LogP) is 1.60. The summed E-state index contributed by atoms with van der Waals surface area (Å²) in [5, 5.41) is 3.34. The number of hydrogen-bond acceptors (Lipinski definition) is 4. The molecule has 1 aromatic rings. The van der Waals surface area contributed by atoms with Gasteiger partial charge in [0, 0.05) is 67.0 Å². The fourth-order valence-electron chi connectivity index (χ4n) is 4.22. The van der Waals surface area contributed by atoms with Gasteiger partial charge in [-0.3, -0.25) is 14.7 Å². The number of benzene rings is 1. The molecule has 2 heterocycles. The van der Waals surface area contributed by atoms with Gasteiger partial charge in [-0.2, -0.15) is 0 Å². The molecule has 1 unspecified atom stereocenters. The molecule has 0 spiro atoms. The lowest BCUT2D eigenvalue weighted by molar-refractivity contribution is -0.135. The molecular formula is C22H35FN6O. The Balaban J connectivity index is 1.50. The largest absolute Gasteiger partial charge is 0.375 e. The number of amides is 1. The van der Waals surface area contributed by atoms with Crippen LogP contribution in [0.5, 0.6) is 0 Å². The molecule has 2 aliphatic rings. The number of nitrogens with one attached hydrogen (secondary N) is 1. The quantitative estimate of drug-likeness (QED) is 0.582. The highest BCUT2D eigenvalue weighted by molar-refractivity contribution is 5.82. The number of nitrogens with zero attached hydrogens (tertiary/aromatic N) is 5. The summed E-state index contributed by atoms with van der Waals surface area (Å²) in [5.41, 5.74) is 1.46. The number of carbonyl (C=O) groups excluding carboxylic acids is 1. The van der Waals surface area contributed by atoms with Gasteiger partial charge in [-0.1, -0.05) is 6.07 Å². The van der Waals surface area contributed by atoms with Crippen LogP contribution in [0.2, 0.25) is 0 Å². The van der Waals surface area contributed by atoms with Gasteiger partial charge in [0.1, 0.15) is 5.82 Å². The Morgan fingerprint density at radius 2 is 1.80 bits per heavy atom. The highest BCUT2D eigenvalue weighted by Gasteiger charge is 2.30. The van der Waals surface area contributed by atoms with Crippen LogP contribution in [0.1, 0.15) is 25.3 Å². The van der Waals surface area contributed by atoms with Crippen LogP contribution in [0.4, 0.5) is 10.1 Å². The number of hydrogen-bond donors (Lipinski definition) is 1. The maximum absolute atomic E-state index is 14.2. The molecule has 1 aromatic carbocycles. The van der Waals surface area contributed by atoms with Crippen LogP contribution in [0, 0.1) is 5.82 Å². The zero-order valence-electron chi connectivity index (χ0n) is 18.7. The molecule has 0 saturated carbocycles. The number of rotatable bonds is 5. The molecule has 2 saturated heterocycles. The van der Waals surface area contributed by atoms with E-state index in [1.807, 2.05) is 32.0 Å². The molecule has 8 heteroatoms. The van der Waals surface area contributed by atoms with Crippen molar-refractivity contribution in [2.24, 2.45) is 4.99 Å². The van der Waals surface area contributed by atoms with Gasteiger partial charge in [-0.15, -0.1) is 0 Å². The summed E-state index contributed by atoms with van der Waals surface area (Å²) < 4.78 is 14.2. The summed E-state index contributed by atoms with van der Waals surface area (Å²) in [5.74, 6) is 0.844. The monoisotopic (exact) mass is 418 g/mol. The highest BCUT2D eigenvalue weighted by atomic mass is 19.1. The number of guanidine groups is 1. The lowest BCUT2D eigenvalue weighted by atomic mass is 10.2. The first-order chi connectivity index (χ1) is 14.4. The fraction of sp³-hybridized carbons (Fsp3) is 0.636. The van der Waals surface area contributed by atoms with E-state index in [-0.39, 0.29) is 17.8 Å². The minimum Gasteiger partial charge on any atom is -0.375 e. The molecule has 1 atom stereocenters. The number of carbonyl (C=O) groups is 1. The van der Waals surface area contributed by atoms with Gasteiger partial charge in [0.25, 0.3) is 0 Å². The molecule has 7 nitrogen and oxygen atoms in total. The molecule has 0 bridgehead atoms. The number of aliphatic imine (C=N–C) groups is 1. The lowest BCUT2D eigenvalue weighted by Gasteiger charge is -2.39. The predicted molar refractivity (Wildman–Crippen MR) is 119 cm³/mol. The van der Waals surface area contributed by atoms with Crippen molar-refractivity contribution in [3.05, 3.63) is 29.6 Å². The third kappa shape index (κ3) is 5.22. The van der Waals surface area contributed by atoms with Crippen LogP contribution in [0.25, 0.3) is 0 Å². The van der Waals surface area contributed by atoms with Crippen LogP contribution >= 0.6 is 0 Å². The Kier molecular flexibility index (Phi) is 7.53. The Labute approximate surface area is 179 Å². The second-order valence-electron chi connectivity index (χ2n) is 8.31. The van der Waals surface area contributed by atoms with E-state index >= 15 is 0 Å². The Hall–Kier alpha value is -2.35. The summed E-state index contributed by atoms with van der Waals surface area (Å²) in [7, 11) is 5.43. The average Bonchev–Trinajstić information content (AvgIpc) is 3.28. The van der Waals surface area contributed by atoms with Crippen LogP contribution in [0.15, 0.2) is 23.2 Å². The lowest BCUT2D eigenvalue weighted by Crippen LogP contribution is -2.57. The van der Waals surface area contributed by atoms with Crippen molar-refractivity contribution >= 4 is 17.6 Å². The first-order valence-electron chi connectivity index (χ1n) is 10.8. The van der Waals surface area contributed by atoms with Crippen LogP contribution in [0.3, 0.4) is 0 Å². The SMILES string of the molecule is CN=C(NCc1ccc(N(C)C)c(F)c1)N1CCN(C(C)C(=O)N2CCCC2)CC1. The van der Waals surface area contributed by atoms with Gasteiger partial charge in [-0.05, 0) is 37.5 Å². The number of anilines is 1. The second kappa shape index (κ2) is 10.1. The second-order valence-corrected chi connectivity index (χ2v) is 8.31. The Morgan fingerprint density at radius 1 is 1.13 bits per heavy atom. The first-order valence-corrected chi connectivity index (χ1v) is 10.8. The average molecular weight is 419 g/mol. The van der Waals surface area contributed by atoms with E-state index in [0.29, 0.717) is 12.2 Å². The molecule has 30 heavy (non-hydrogen) atoms. The summed E-state index contributed by atoms with van der Waals surface area (Å²) in [4.78, 5) is 25.3. The van der Waals surface area contributed by atoms with Crippen LogP contribution in [-0.2, 0) is 11.3 Å². The molecule has 0 radical (unpaired) electrons. The zero-order valence-corrected chi connectivity index (χ0v) is 18.7. The third-order valence-electron chi connectivity index (χ3n) is 6.09. The molecule has 3 rings (SSSR count). The van der Waals surface area contributed by atoms with Gasteiger partial charge in [-0.25, -0.2) is 4.39 Å². The van der Waals surface area contributed by atoms with E-state index in [9.17, 15) is 9.18 Å². The molecule has 2 fully saturated rings. The minimum atomic E-state index is -0.223. The standard InChI is InChI=1S/C22H35FN6O/c1-17(21(30)28-9-5-6-10-28)27-11-13-29(14-12-27)22(24-2)25-16-18-7-8-20(26(3)4)19(23)15-18/h7-8,15,17H,5-6,9-14,16H2,1-4H3,(H,24,25). The third-order valence-corrected chi connectivity index (χ3v) is 6.09. The maximum atomic E-state index is 14.2. The molecule has 1 amide bonds. The van der Waals surface area contributed by atoms with Gasteiger partial charge >= 0.3 is 0 Å². The van der Waals surface area contributed by atoms with Gasteiger partial charge in [0.2, 0.25) is 5.91 Å². The molecule has 0 aromatic heterocycles. The summed E-state index contributed by atoms with van der Waals surface area (Å²) in [6.45, 7) is 7.61. The number of piperazine rings is 1. The summed E-state index contributed by atoms with van der Waals surface area (Å²) in [6, 6.07) is 5.23. The highest BCUT2D eigenvalue weighted by Crippen LogP contribution is 2.18. The zero-order chi connectivity index (χ0) is 21.7. The smallest absolute Gasteiger partial charge is 0.239 e. The first kappa shape index (κ1) is 22.3. The van der Waals surface area contributed by atoms with Crippen molar-refractivity contribution in [1.82, 2.24) is 20.0 Å². The Bertz CT molecular complexity index is 754. The maximum Gasteiger partial charge on any atom is 0.239 e. The summed E-state index contributed by atoms with van der Waals surface area (Å²) >= 11 is 0. The van der Waals surface area contributed by atoms with Crippen molar-refractivity contribution in [2.75, 3.05) is 65.3 Å². The topological polar surface area (TPSA) is 54.4 Å². The number of halogens is 1. The fourth-order valence-corrected chi connectivity index (χ4v) is 4.22. The van der Waals surface area contributed by atoms with Gasteiger partial charge in [0.15, 0.2) is 5.96 Å². The van der Waals surface area contributed by atoms with Gasteiger partial charge < -0.3 is 20.0 Å². The van der Waals surface area contributed by atoms with E-state index in [1.165, 1.54) is 0 Å². The summed E-state index contributed by atoms with van der Waals surface area (Å²) in [6.07, 6.45) is 2.24. The molecular weight excluding hydrogens is 383 g/mol. The van der Waals surface area contributed by atoms with Crippen molar-refractivity contribution < 1.29 is 9.18 Å². The molecule has 0 aliphatic carbocycles. The Morgan fingerprint density at radius 3 is 2.37 bits per heavy atom. The molecule has 2 aliphatic heterocycles. The van der Waals surface area contributed by atoms with E-state index in [1.54, 1.807) is 24.1 Å². The van der Waals surface area contributed by atoms with E-state index in [0.717, 1.165) is 63.6 Å². The van der Waals surface area contributed by atoms with Crippen LogP contribution in [-0.4, -0.2) is 93.0 Å². The van der Waals surface area contributed by atoms with Gasteiger partial charge in [0.05, 0.1) is 11.7 Å². The number of likely N-dealkylation sites (tertiary alicyclic amines) is 1. The van der Waals surface area contributed by atoms with Crippen molar-refractivity contribution in [3.8, 4) is 0 Å². The van der Waals surface area contributed by atoms with Crippen molar-refractivity contribution in [3.63, 3.8) is 0 Å². The van der Waals surface area contributed by atoms with Crippen molar-refractivity contribution in [2.45, 2.75) is 32.4 Å². The van der Waals surface area contributed by atoms with Crippen LogP contribution < -0.4 is 10.2 Å². The van der Waals surface area contributed by atoms with Crippen molar-refractivity contribution in [1.29, 1.82) is 0 Å². The normalized spacial score (nSPS) is 19.2. The van der Waals surface area contributed by atoms with E-state index in [4.69, 9.17) is 0 Å². The molecule has 1 N–H and O–H groups in total.